The number of likely N-dealkylation sites (tertiary alicyclic amines) is 1. The van der Waals surface area contributed by atoms with E-state index in [9.17, 15) is 15.0 Å². The predicted octanol–water partition coefficient (Wildman–Crippen LogP) is 0.760. The third-order valence-electron chi connectivity index (χ3n) is 5.78. The third kappa shape index (κ3) is 2.03. The molecule has 6 nitrogen and oxygen atoms in total. The molecule has 2 atom stereocenters. The van der Waals surface area contributed by atoms with Gasteiger partial charge in [-0.25, -0.2) is 4.98 Å². The minimum atomic E-state index is -0.379. The lowest BCUT2D eigenvalue weighted by Gasteiger charge is -2.25. The first-order chi connectivity index (χ1) is 11.6. The third-order valence-corrected chi connectivity index (χ3v) is 5.78. The fourth-order valence-corrected chi connectivity index (χ4v) is 4.18. The van der Waals surface area contributed by atoms with Crippen LogP contribution in [0.2, 0.25) is 0 Å². The van der Waals surface area contributed by atoms with E-state index < -0.39 is 0 Å². The van der Waals surface area contributed by atoms with Gasteiger partial charge in [0.1, 0.15) is 5.82 Å². The largest absolute Gasteiger partial charge is 0.396 e. The molecule has 24 heavy (non-hydrogen) atoms. The summed E-state index contributed by atoms with van der Waals surface area (Å²) in [4.78, 5) is 19.2. The Morgan fingerprint density at radius 2 is 1.92 bits per heavy atom. The summed E-state index contributed by atoms with van der Waals surface area (Å²) in [6.07, 6.45) is 3.58. The van der Waals surface area contributed by atoms with Gasteiger partial charge in [0, 0.05) is 43.5 Å². The number of piperidine rings is 1. The second-order valence-electron chi connectivity index (χ2n) is 6.88. The van der Waals surface area contributed by atoms with Crippen molar-refractivity contribution >= 4 is 5.91 Å². The summed E-state index contributed by atoms with van der Waals surface area (Å²) in [5.74, 6) is 1.17. The van der Waals surface area contributed by atoms with Crippen molar-refractivity contribution in [2.75, 3.05) is 26.3 Å². The number of carbonyl (C=O) groups excluding carboxylic acids is 1. The van der Waals surface area contributed by atoms with Gasteiger partial charge in [0.25, 0.3) is 5.91 Å². The van der Waals surface area contributed by atoms with Crippen LogP contribution in [-0.2, 0) is 7.05 Å². The number of rotatable bonds is 4. The number of aliphatic hydroxyl groups excluding tert-OH is 2. The maximum atomic E-state index is 13.0. The number of aromatic nitrogens is 2. The summed E-state index contributed by atoms with van der Waals surface area (Å²) in [6.45, 7) is 1.18. The van der Waals surface area contributed by atoms with E-state index in [1.807, 2.05) is 47.0 Å². The van der Waals surface area contributed by atoms with E-state index in [-0.39, 0.29) is 36.4 Å². The molecule has 0 radical (unpaired) electrons. The zero-order valence-electron chi connectivity index (χ0n) is 13.6. The number of hydrogen-bond acceptors (Lipinski definition) is 4. The van der Waals surface area contributed by atoms with Gasteiger partial charge in [-0.15, -0.1) is 0 Å². The second kappa shape index (κ2) is 5.43. The molecule has 126 valence electrons. The van der Waals surface area contributed by atoms with Gasteiger partial charge in [-0.05, 0) is 17.9 Å². The molecule has 1 aliphatic heterocycles. The summed E-state index contributed by atoms with van der Waals surface area (Å²) in [7, 11) is 1.91. The highest BCUT2D eigenvalue weighted by Gasteiger charge is 2.68. The molecule has 0 spiro atoms. The van der Waals surface area contributed by atoms with E-state index in [1.54, 1.807) is 6.20 Å². The fraction of sp³-hybridized carbons (Fsp3) is 0.444. The molecule has 2 heterocycles. The van der Waals surface area contributed by atoms with E-state index in [0.29, 0.717) is 18.7 Å². The molecule has 4 rings (SSSR count). The topological polar surface area (TPSA) is 78.6 Å². The van der Waals surface area contributed by atoms with Crippen molar-refractivity contribution in [3.8, 4) is 11.4 Å². The Kier molecular flexibility index (Phi) is 3.47. The maximum Gasteiger partial charge on any atom is 0.254 e. The lowest BCUT2D eigenvalue weighted by molar-refractivity contribution is 0.0637. The zero-order valence-corrected chi connectivity index (χ0v) is 13.6. The molecule has 2 aliphatic rings. The molecular formula is C18H21N3O3. The Morgan fingerprint density at radius 3 is 2.50 bits per heavy atom. The Hall–Kier alpha value is -2.18. The van der Waals surface area contributed by atoms with Crippen LogP contribution in [0.4, 0.5) is 0 Å². The average molecular weight is 327 g/mol. The Bertz CT molecular complexity index is 767. The summed E-state index contributed by atoms with van der Waals surface area (Å²) < 4.78 is 1.90. The first-order valence-corrected chi connectivity index (χ1v) is 8.20. The number of imidazole rings is 1. The number of aryl methyl sites for hydroxylation is 1. The van der Waals surface area contributed by atoms with E-state index in [4.69, 9.17) is 0 Å². The van der Waals surface area contributed by atoms with Gasteiger partial charge in [0.2, 0.25) is 0 Å². The highest BCUT2D eigenvalue weighted by molar-refractivity contribution is 6.00. The lowest BCUT2D eigenvalue weighted by Crippen LogP contribution is -2.36. The SMILES string of the molecule is Cn1ccnc1-c1ccccc1C(=O)N1CC2C(C1)C2(CO)CO. The molecule has 6 heteroatoms. The highest BCUT2D eigenvalue weighted by Crippen LogP contribution is 2.62. The van der Waals surface area contributed by atoms with Crippen molar-refractivity contribution in [2.45, 2.75) is 0 Å². The van der Waals surface area contributed by atoms with Crippen LogP contribution >= 0.6 is 0 Å². The highest BCUT2D eigenvalue weighted by atomic mass is 16.3. The molecule has 0 bridgehead atoms. The number of carbonyl (C=O) groups is 1. The van der Waals surface area contributed by atoms with E-state index >= 15 is 0 Å². The summed E-state index contributed by atoms with van der Waals surface area (Å²) >= 11 is 0. The molecule has 2 unspecified atom stereocenters. The van der Waals surface area contributed by atoms with Crippen molar-refractivity contribution in [3.05, 3.63) is 42.2 Å². The molecule has 2 fully saturated rings. The quantitative estimate of drug-likeness (QED) is 0.869. The molecule has 1 saturated carbocycles. The fourth-order valence-electron chi connectivity index (χ4n) is 4.18. The van der Waals surface area contributed by atoms with Crippen LogP contribution in [-0.4, -0.2) is 56.9 Å². The summed E-state index contributed by atoms with van der Waals surface area (Å²) in [5.41, 5.74) is 1.09. The van der Waals surface area contributed by atoms with Crippen molar-refractivity contribution in [1.82, 2.24) is 14.5 Å². The molecule has 1 aliphatic carbocycles. The van der Waals surface area contributed by atoms with Crippen molar-refractivity contribution in [2.24, 2.45) is 24.3 Å². The minimum absolute atomic E-state index is 0.00872. The van der Waals surface area contributed by atoms with Gasteiger partial charge in [-0.1, -0.05) is 18.2 Å². The number of aliphatic hydroxyl groups is 2. The smallest absolute Gasteiger partial charge is 0.254 e. The van der Waals surface area contributed by atoms with E-state index in [1.165, 1.54) is 0 Å². The molecule has 1 saturated heterocycles. The van der Waals surface area contributed by atoms with Crippen LogP contribution in [0, 0.1) is 17.3 Å². The van der Waals surface area contributed by atoms with Gasteiger partial charge < -0.3 is 19.7 Å². The van der Waals surface area contributed by atoms with Crippen LogP contribution < -0.4 is 0 Å². The first kappa shape index (κ1) is 15.4. The van der Waals surface area contributed by atoms with Crippen LogP contribution in [0.3, 0.4) is 0 Å². The monoisotopic (exact) mass is 327 g/mol. The lowest BCUT2D eigenvalue weighted by atomic mass is 10.0. The molecular weight excluding hydrogens is 306 g/mol. The Balaban J connectivity index is 1.59. The minimum Gasteiger partial charge on any atom is -0.396 e. The van der Waals surface area contributed by atoms with Crippen LogP contribution in [0.25, 0.3) is 11.4 Å². The van der Waals surface area contributed by atoms with Gasteiger partial charge >= 0.3 is 0 Å². The zero-order chi connectivity index (χ0) is 16.9. The normalized spacial score (nSPS) is 24.0. The second-order valence-corrected chi connectivity index (χ2v) is 6.88. The first-order valence-electron chi connectivity index (χ1n) is 8.20. The molecule has 2 N–H and O–H groups in total. The van der Waals surface area contributed by atoms with E-state index in [2.05, 4.69) is 4.98 Å². The molecule has 2 aromatic rings. The molecule has 1 amide bonds. The van der Waals surface area contributed by atoms with Gasteiger partial charge in [0.05, 0.1) is 18.8 Å². The molecule has 1 aromatic carbocycles. The number of fused-ring (bicyclic) bond motifs is 1. The van der Waals surface area contributed by atoms with E-state index in [0.717, 1.165) is 11.4 Å². The average Bonchev–Trinajstić information content (AvgIpc) is 2.97. The van der Waals surface area contributed by atoms with Gasteiger partial charge in [-0.3, -0.25) is 4.79 Å². The van der Waals surface area contributed by atoms with Crippen LogP contribution in [0.5, 0.6) is 0 Å². The number of nitrogens with zero attached hydrogens (tertiary/aromatic N) is 3. The number of amides is 1. The molecule has 1 aromatic heterocycles. The Labute approximate surface area is 140 Å². The maximum absolute atomic E-state index is 13.0. The van der Waals surface area contributed by atoms with Crippen molar-refractivity contribution in [3.63, 3.8) is 0 Å². The Morgan fingerprint density at radius 1 is 1.25 bits per heavy atom. The van der Waals surface area contributed by atoms with Crippen LogP contribution in [0.1, 0.15) is 10.4 Å². The number of benzene rings is 1. The number of hydrogen-bond donors (Lipinski definition) is 2. The predicted molar refractivity (Wildman–Crippen MR) is 88.1 cm³/mol. The standard InChI is InChI=1S/C18H21N3O3/c1-20-7-6-19-16(20)12-4-2-3-5-13(12)17(24)21-8-14-15(9-21)18(14,10-22)11-23/h2-7,14-15,22-23H,8-11H2,1H3. The van der Waals surface area contributed by atoms with Crippen LogP contribution in [0.15, 0.2) is 36.7 Å². The van der Waals surface area contributed by atoms with Gasteiger partial charge in [-0.2, -0.15) is 0 Å². The van der Waals surface area contributed by atoms with Gasteiger partial charge in [0.15, 0.2) is 0 Å². The summed E-state index contributed by atoms with van der Waals surface area (Å²) in [6, 6.07) is 7.52. The summed E-state index contributed by atoms with van der Waals surface area (Å²) in [5, 5.41) is 19.1. The van der Waals surface area contributed by atoms with Crippen molar-refractivity contribution < 1.29 is 15.0 Å². The van der Waals surface area contributed by atoms with Crippen molar-refractivity contribution in [1.29, 1.82) is 0 Å².